The summed E-state index contributed by atoms with van der Waals surface area (Å²) in [5.41, 5.74) is 1.85. The van der Waals surface area contributed by atoms with Crippen molar-refractivity contribution in [3.05, 3.63) is 60.8 Å². The van der Waals surface area contributed by atoms with Gasteiger partial charge in [-0.05, 0) is 18.2 Å². The number of anilines is 1. The summed E-state index contributed by atoms with van der Waals surface area (Å²) in [6, 6.07) is 17.4. The number of hydrogen-bond acceptors (Lipinski definition) is 3. The number of rotatable bonds is 5. The number of benzene rings is 2. The summed E-state index contributed by atoms with van der Waals surface area (Å²) in [6.45, 7) is 1.30. The Morgan fingerprint density at radius 1 is 1.12 bits per heavy atom. The first-order valence-electron chi connectivity index (χ1n) is 8.73. The molecule has 1 atom stereocenters. The van der Waals surface area contributed by atoms with Crippen molar-refractivity contribution >= 4 is 28.4 Å². The Balaban J connectivity index is 1.33. The number of fused-ring (bicyclic) bond motifs is 1. The zero-order valence-electron chi connectivity index (χ0n) is 14.3. The van der Waals surface area contributed by atoms with Gasteiger partial charge < -0.3 is 10.2 Å². The van der Waals surface area contributed by atoms with Crippen molar-refractivity contribution in [1.82, 2.24) is 15.1 Å². The van der Waals surface area contributed by atoms with Crippen LogP contribution in [0.15, 0.2) is 60.8 Å². The third-order valence-electron chi connectivity index (χ3n) is 4.71. The summed E-state index contributed by atoms with van der Waals surface area (Å²) in [5.74, 6) is 0.138. The molecule has 0 spiro atoms. The average Bonchev–Trinajstić information content (AvgIpc) is 3.24. The van der Waals surface area contributed by atoms with Crippen LogP contribution in [0.1, 0.15) is 6.42 Å². The maximum absolute atomic E-state index is 12.3. The molecule has 0 unspecified atom stereocenters. The van der Waals surface area contributed by atoms with Gasteiger partial charge in [0.1, 0.15) is 6.54 Å². The molecule has 1 aromatic heterocycles. The molecule has 1 aliphatic heterocycles. The normalized spacial score (nSPS) is 17.0. The zero-order chi connectivity index (χ0) is 17.9. The van der Waals surface area contributed by atoms with Crippen molar-refractivity contribution in [3.8, 4) is 0 Å². The molecule has 1 aliphatic rings. The van der Waals surface area contributed by atoms with Crippen LogP contribution in [0.25, 0.3) is 10.9 Å². The second-order valence-corrected chi connectivity index (χ2v) is 6.58. The molecular formula is C20H20N4O2. The molecule has 0 bridgehead atoms. The molecule has 6 nitrogen and oxygen atoms in total. The van der Waals surface area contributed by atoms with E-state index in [1.807, 2.05) is 54.6 Å². The summed E-state index contributed by atoms with van der Waals surface area (Å²) in [6.07, 6.45) is 2.22. The molecule has 0 radical (unpaired) electrons. The highest BCUT2D eigenvalue weighted by Gasteiger charge is 2.30. The van der Waals surface area contributed by atoms with E-state index in [0.29, 0.717) is 19.5 Å². The van der Waals surface area contributed by atoms with Gasteiger partial charge in [-0.25, -0.2) is 0 Å². The molecule has 1 fully saturated rings. The van der Waals surface area contributed by atoms with E-state index >= 15 is 0 Å². The quantitative estimate of drug-likeness (QED) is 0.769. The molecule has 2 aromatic carbocycles. The van der Waals surface area contributed by atoms with Crippen molar-refractivity contribution in [1.29, 1.82) is 0 Å². The number of carbonyl (C=O) groups is 2. The smallest absolute Gasteiger partial charge is 0.241 e. The number of aromatic nitrogens is 2. The third-order valence-corrected chi connectivity index (χ3v) is 4.71. The summed E-state index contributed by atoms with van der Waals surface area (Å²) in [4.78, 5) is 26.3. The van der Waals surface area contributed by atoms with Gasteiger partial charge in [-0.3, -0.25) is 14.3 Å². The van der Waals surface area contributed by atoms with E-state index in [9.17, 15) is 9.59 Å². The predicted octanol–water partition coefficient (Wildman–Crippen LogP) is 2.21. The highest BCUT2D eigenvalue weighted by molar-refractivity contribution is 5.95. The Hall–Kier alpha value is -3.15. The minimum Gasteiger partial charge on any atom is -0.354 e. The largest absolute Gasteiger partial charge is 0.354 e. The van der Waals surface area contributed by atoms with Gasteiger partial charge in [0, 0.05) is 36.5 Å². The van der Waals surface area contributed by atoms with Crippen LogP contribution in [-0.2, 0) is 16.1 Å². The number of nitrogens with one attached hydrogen (secondary N) is 1. The van der Waals surface area contributed by atoms with E-state index in [-0.39, 0.29) is 24.3 Å². The summed E-state index contributed by atoms with van der Waals surface area (Å²) in [7, 11) is 0. The maximum Gasteiger partial charge on any atom is 0.241 e. The van der Waals surface area contributed by atoms with Crippen LogP contribution < -0.4 is 10.2 Å². The number of nitrogens with zero attached hydrogens (tertiary/aromatic N) is 3. The number of hydrogen-bond donors (Lipinski definition) is 1. The lowest BCUT2D eigenvalue weighted by Gasteiger charge is -2.16. The minimum atomic E-state index is -0.0931. The van der Waals surface area contributed by atoms with E-state index in [2.05, 4.69) is 10.4 Å². The molecule has 1 saturated heterocycles. The maximum atomic E-state index is 12.3. The lowest BCUT2D eigenvalue weighted by molar-refractivity contribution is -0.122. The number of amides is 2. The van der Waals surface area contributed by atoms with Crippen LogP contribution in [0.3, 0.4) is 0 Å². The molecular weight excluding hydrogens is 328 g/mol. The molecule has 4 rings (SSSR count). The molecule has 26 heavy (non-hydrogen) atoms. The molecule has 0 aliphatic carbocycles. The van der Waals surface area contributed by atoms with Crippen molar-refractivity contribution in [2.75, 3.05) is 18.0 Å². The molecule has 3 aromatic rings. The first kappa shape index (κ1) is 16.3. The van der Waals surface area contributed by atoms with Crippen LogP contribution in [0.5, 0.6) is 0 Å². The van der Waals surface area contributed by atoms with Crippen LogP contribution >= 0.6 is 0 Å². The van der Waals surface area contributed by atoms with E-state index in [0.717, 1.165) is 16.6 Å². The molecule has 2 amide bonds. The second-order valence-electron chi connectivity index (χ2n) is 6.58. The fourth-order valence-electron chi connectivity index (χ4n) is 3.38. The fraction of sp³-hybridized carbons (Fsp3) is 0.250. The van der Waals surface area contributed by atoms with Gasteiger partial charge in [0.25, 0.3) is 0 Å². The van der Waals surface area contributed by atoms with Gasteiger partial charge in [0.15, 0.2) is 0 Å². The molecule has 1 N–H and O–H groups in total. The average molecular weight is 348 g/mol. The standard InChI is InChI=1S/C20H20N4O2/c25-19(14-24-18-9-5-4-6-16(18)12-22-24)21-11-15-10-20(26)23(13-15)17-7-2-1-3-8-17/h1-9,12,15H,10-11,13-14H2,(H,21,25)/t15-/m1/s1. The van der Waals surface area contributed by atoms with Crippen molar-refractivity contribution < 1.29 is 9.59 Å². The third kappa shape index (κ3) is 3.31. The lowest BCUT2D eigenvalue weighted by Crippen LogP contribution is -2.33. The number of para-hydroxylation sites is 2. The van der Waals surface area contributed by atoms with Crippen LogP contribution in [-0.4, -0.2) is 34.7 Å². The van der Waals surface area contributed by atoms with Crippen molar-refractivity contribution in [3.63, 3.8) is 0 Å². The molecule has 132 valence electrons. The lowest BCUT2D eigenvalue weighted by atomic mass is 10.1. The molecule has 0 saturated carbocycles. The van der Waals surface area contributed by atoms with Gasteiger partial charge in [0.05, 0.1) is 11.7 Å². The van der Waals surface area contributed by atoms with E-state index in [1.54, 1.807) is 15.8 Å². The first-order valence-corrected chi connectivity index (χ1v) is 8.73. The Bertz CT molecular complexity index is 935. The zero-order valence-corrected chi connectivity index (χ0v) is 14.3. The monoisotopic (exact) mass is 348 g/mol. The topological polar surface area (TPSA) is 67.2 Å². The van der Waals surface area contributed by atoms with Crippen LogP contribution in [0, 0.1) is 5.92 Å². The van der Waals surface area contributed by atoms with Crippen molar-refractivity contribution in [2.45, 2.75) is 13.0 Å². The highest BCUT2D eigenvalue weighted by Crippen LogP contribution is 2.24. The van der Waals surface area contributed by atoms with Gasteiger partial charge in [0.2, 0.25) is 11.8 Å². The molecule has 6 heteroatoms. The second kappa shape index (κ2) is 7.00. The highest BCUT2D eigenvalue weighted by atomic mass is 16.2. The summed E-state index contributed by atoms with van der Waals surface area (Å²) < 4.78 is 1.70. The summed E-state index contributed by atoms with van der Waals surface area (Å²) in [5, 5.41) is 8.23. The SMILES string of the molecule is O=C(Cn1ncc2ccccc21)NC[C@H]1CC(=O)N(c2ccccc2)C1. The fourth-order valence-corrected chi connectivity index (χ4v) is 3.38. The first-order chi connectivity index (χ1) is 12.7. The van der Waals surface area contributed by atoms with E-state index in [1.165, 1.54) is 0 Å². The van der Waals surface area contributed by atoms with E-state index < -0.39 is 0 Å². The summed E-state index contributed by atoms with van der Waals surface area (Å²) >= 11 is 0. The Morgan fingerprint density at radius 2 is 1.88 bits per heavy atom. The van der Waals surface area contributed by atoms with Gasteiger partial charge in [-0.2, -0.15) is 5.10 Å². The predicted molar refractivity (Wildman–Crippen MR) is 99.6 cm³/mol. The van der Waals surface area contributed by atoms with E-state index in [4.69, 9.17) is 0 Å². The van der Waals surface area contributed by atoms with Gasteiger partial charge in [-0.15, -0.1) is 0 Å². The van der Waals surface area contributed by atoms with Crippen LogP contribution in [0.4, 0.5) is 5.69 Å². The Kier molecular flexibility index (Phi) is 4.39. The molecule has 2 heterocycles. The Morgan fingerprint density at radius 3 is 2.73 bits per heavy atom. The van der Waals surface area contributed by atoms with Crippen molar-refractivity contribution in [2.24, 2.45) is 5.92 Å². The van der Waals surface area contributed by atoms with Gasteiger partial charge >= 0.3 is 0 Å². The number of carbonyl (C=O) groups excluding carboxylic acids is 2. The van der Waals surface area contributed by atoms with Crippen LogP contribution in [0.2, 0.25) is 0 Å². The minimum absolute atomic E-state index is 0.0931. The van der Waals surface area contributed by atoms with Gasteiger partial charge in [-0.1, -0.05) is 36.4 Å². The Labute approximate surface area is 151 Å².